The van der Waals surface area contributed by atoms with Gasteiger partial charge in [-0.15, -0.1) is 0 Å². The van der Waals surface area contributed by atoms with Gasteiger partial charge in [0.15, 0.2) is 0 Å². The number of hydrogen-bond acceptors (Lipinski definition) is 3. The zero-order valence-electron chi connectivity index (χ0n) is 9.76. The normalized spacial score (nSPS) is 14.7. The third kappa shape index (κ3) is 2.45. The fourth-order valence-corrected chi connectivity index (χ4v) is 2.25. The molecule has 96 valence electrons. The van der Waals surface area contributed by atoms with Gasteiger partial charge in [-0.25, -0.2) is 0 Å². The minimum Gasteiger partial charge on any atom is -0.493 e. The van der Waals surface area contributed by atoms with Crippen molar-refractivity contribution in [3.8, 4) is 5.75 Å². The Morgan fingerprint density at radius 2 is 2.11 bits per heavy atom. The summed E-state index contributed by atoms with van der Waals surface area (Å²) in [6.45, 7) is 0.553. The summed E-state index contributed by atoms with van der Waals surface area (Å²) in [5.41, 5.74) is 1.58. The zero-order valence-corrected chi connectivity index (χ0v) is 9.76. The van der Waals surface area contributed by atoms with Crippen molar-refractivity contribution in [2.24, 2.45) is 0 Å². The van der Waals surface area contributed by atoms with Crippen LogP contribution in [0.1, 0.15) is 29.9 Å². The van der Waals surface area contributed by atoms with Crippen molar-refractivity contribution in [3.63, 3.8) is 0 Å². The summed E-state index contributed by atoms with van der Waals surface area (Å²) >= 11 is 0. The predicted molar refractivity (Wildman–Crippen MR) is 62.9 cm³/mol. The third-order valence-corrected chi connectivity index (χ3v) is 3.10. The van der Waals surface area contributed by atoms with E-state index in [1.165, 1.54) is 0 Å². The van der Waals surface area contributed by atoms with E-state index in [1.54, 1.807) is 12.1 Å². The van der Waals surface area contributed by atoms with Crippen molar-refractivity contribution in [1.29, 1.82) is 0 Å². The number of fused-ring (bicyclic) bond motifs is 1. The second-order valence-corrected chi connectivity index (χ2v) is 4.25. The van der Waals surface area contributed by atoms with E-state index in [1.807, 2.05) is 6.07 Å². The van der Waals surface area contributed by atoms with Gasteiger partial charge in [-0.05, 0) is 18.1 Å². The number of ether oxygens (including phenoxy) is 1. The van der Waals surface area contributed by atoms with Gasteiger partial charge in [-0.2, -0.15) is 0 Å². The maximum absolute atomic E-state index is 11.3. The molecule has 0 amide bonds. The minimum absolute atomic E-state index is 0.0983. The van der Waals surface area contributed by atoms with Crippen molar-refractivity contribution < 1.29 is 24.5 Å². The number of carboxylic acid groups (broad SMARTS) is 2. The number of carboxylic acids is 2. The van der Waals surface area contributed by atoms with Gasteiger partial charge in [-0.1, -0.05) is 12.1 Å². The van der Waals surface area contributed by atoms with E-state index in [0.29, 0.717) is 24.3 Å². The van der Waals surface area contributed by atoms with Crippen LogP contribution in [0.3, 0.4) is 0 Å². The van der Waals surface area contributed by atoms with Crippen LogP contribution in [0.2, 0.25) is 0 Å². The molecule has 0 aliphatic carbocycles. The molecule has 18 heavy (non-hydrogen) atoms. The molecule has 0 saturated carbocycles. The van der Waals surface area contributed by atoms with E-state index in [-0.39, 0.29) is 12.8 Å². The first-order valence-electron chi connectivity index (χ1n) is 5.78. The second-order valence-electron chi connectivity index (χ2n) is 4.25. The topological polar surface area (TPSA) is 83.8 Å². The van der Waals surface area contributed by atoms with Gasteiger partial charge in [0, 0.05) is 18.4 Å². The van der Waals surface area contributed by atoms with E-state index in [0.717, 1.165) is 5.56 Å². The lowest BCUT2D eigenvalue weighted by Crippen LogP contribution is -2.15. The van der Waals surface area contributed by atoms with Crippen LogP contribution in [-0.4, -0.2) is 28.8 Å². The summed E-state index contributed by atoms with van der Waals surface area (Å²) in [4.78, 5) is 21.9. The molecule has 1 aliphatic rings. The summed E-state index contributed by atoms with van der Waals surface area (Å²) in [5, 5.41) is 17.9. The first-order valence-corrected chi connectivity index (χ1v) is 5.78. The van der Waals surface area contributed by atoms with Crippen molar-refractivity contribution in [2.75, 3.05) is 6.61 Å². The highest BCUT2D eigenvalue weighted by atomic mass is 16.5. The summed E-state index contributed by atoms with van der Waals surface area (Å²) in [6.07, 6.45) is 0.630. The molecule has 1 aromatic rings. The van der Waals surface area contributed by atoms with Crippen LogP contribution in [0.5, 0.6) is 5.75 Å². The molecule has 0 fully saturated rings. The molecule has 1 aromatic carbocycles. The van der Waals surface area contributed by atoms with Crippen molar-refractivity contribution >= 4 is 11.9 Å². The maximum atomic E-state index is 11.3. The average Bonchev–Trinajstić information content (AvgIpc) is 2.77. The SMILES string of the molecule is O=C(O)CCC(C(=O)O)c1cccc2c1CCO2. The first kappa shape index (κ1) is 12.4. The Labute approximate surface area is 104 Å². The second kappa shape index (κ2) is 5.08. The van der Waals surface area contributed by atoms with Crippen LogP contribution in [0.15, 0.2) is 18.2 Å². The maximum Gasteiger partial charge on any atom is 0.310 e. The number of rotatable bonds is 5. The monoisotopic (exact) mass is 250 g/mol. The fraction of sp³-hybridized carbons (Fsp3) is 0.385. The van der Waals surface area contributed by atoms with Crippen LogP contribution in [-0.2, 0) is 16.0 Å². The molecule has 5 nitrogen and oxygen atoms in total. The van der Waals surface area contributed by atoms with Crippen LogP contribution in [0.4, 0.5) is 0 Å². The molecule has 0 spiro atoms. The third-order valence-electron chi connectivity index (χ3n) is 3.10. The van der Waals surface area contributed by atoms with Crippen LogP contribution < -0.4 is 4.74 Å². The summed E-state index contributed by atoms with van der Waals surface area (Å²) in [7, 11) is 0. The standard InChI is InChI=1S/C13H14O5/c14-12(15)5-4-10(13(16)17)8-2-1-3-11-9(8)6-7-18-11/h1-3,10H,4-7H2,(H,14,15)(H,16,17). The Kier molecular flexibility index (Phi) is 3.50. The van der Waals surface area contributed by atoms with Gasteiger partial charge in [-0.3, -0.25) is 9.59 Å². The number of hydrogen-bond donors (Lipinski definition) is 2. The minimum atomic E-state index is -0.989. The Hall–Kier alpha value is -2.04. The van der Waals surface area contributed by atoms with Crippen molar-refractivity contribution in [1.82, 2.24) is 0 Å². The predicted octanol–water partition coefficient (Wildman–Crippen LogP) is 1.65. The molecule has 1 aliphatic heterocycles. The largest absolute Gasteiger partial charge is 0.493 e. The van der Waals surface area contributed by atoms with E-state index in [9.17, 15) is 14.7 Å². The first-order chi connectivity index (χ1) is 8.59. The zero-order chi connectivity index (χ0) is 13.1. The van der Waals surface area contributed by atoms with Gasteiger partial charge >= 0.3 is 11.9 Å². The van der Waals surface area contributed by atoms with Gasteiger partial charge in [0.1, 0.15) is 5.75 Å². The lowest BCUT2D eigenvalue weighted by Gasteiger charge is -2.14. The Morgan fingerprint density at radius 1 is 1.33 bits per heavy atom. The van der Waals surface area contributed by atoms with Gasteiger partial charge in [0.05, 0.1) is 12.5 Å². The van der Waals surface area contributed by atoms with E-state index in [2.05, 4.69) is 0 Å². The van der Waals surface area contributed by atoms with Crippen LogP contribution in [0, 0.1) is 0 Å². The lowest BCUT2D eigenvalue weighted by molar-refractivity contribution is -0.140. The molecular weight excluding hydrogens is 236 g/mol. The molecule has 1 unspecified atom stereocenters. The molecule has 0 bridgehead atoms. The van der Waals surface area contributed by atoms with Gasteiger partial charge < -0.3 is 14.9 Å². The number of carbonyl (C=O) groups is 2. The molecule has 5 heteroatoms. The summed E-state index contributed by atoms with van der Waals surface area (Å²) < 4.78 is 5.39. The Bertz CT molecular complexity index is 480. The van der Waals surface area contributed by atoms with Crippen LogP contribution in [0.25, 0.3) is 0 Å². The van der Waals surface area contributed by atoms with E-state index >= 15 is 0 Å². The molecule has 2 N–H and O–H groups in total. The molecular formula is C13H14O5. The smallest absolute Gasteiger partial charge is 0.310 e. The molecule has 1 atom stereocenters. The van der Waals surface area contributed by atoms with Crippen molar-refractivity contribution in [2.45, 2.75) is 25.2 Å². The Morgan fingerprint density at radius 3 is 2.78 bits per heavy atom. The molecule has 0 saturated heterocycles. The lowest BCUT2D eigenvalue weighted by atomic mass is 9.89. The highest BCUT2D eigenvalue weighted by molar-refractivity contribution is 5.78. The number of aliphatic carboxylic acids is 2. The van der Waals surface area contributed by atoms with Gasteiger partial charge in [0.2, 0.25) is 0 Å². The highest BCUT2D eigenvalue weighted by Gasteiger charge is 2.26. The Balaban J connectivity index is 2.28. The quantitative estimate of drug-likeness (QED) is 0.830. The molecule has 2 rings (SSSR count). The fourth-order valence-electron chi connectivity index (χ4n) is 2.25. The highest BCUT2D eigenvalue weighted by Crippen LogP contribution is 2.34. The summed E-state index contributed by atoms with van der Waals surface area (Å²) in [5.74, 6) is -2.03. The summed E-state index contributed by atoms with van der Waals surface area (Å²) in [6, 6.07) is 5.30. The molecule has 1 heterocycles. The number of benzene rings is 1. The average molecular weight is 250 g/mol. The van der Waals surface area contributed by atoms with Gasteiger partial charge in [0.25, 0.3) is 0 Å². The van der Waals surface area contributed by atoms with E-state index in [4.69, 9.17) is 9.84 Å². The molecule has 0 radical (unpaired) electrons. The van der Waals surface area contributed by atoms with Crippen LogP contribution >= 0.6 is 0 Å². The van der Waals surface area contributed by atoms with Crippen molar-refractivity contribution in [3.05, 3.63) is 29.3 Å². The van der Waals surface area contributed by atoms with E-state index < -0.39 is 17.9 Å². The molecule has 0 aromatic heterocycles.